The molecule has 0 fully saturated rings. The molecular formula is C14H14F13NO3S. The van der Waals surface area contributed by atoms with Gasteiger partial charge in [0.1, 0.15) is 0 Å². The summed E-state index contributed by atoms with van der Waals surface area (Å²) in [6, 6.07) is 0. The first-order chi connectivity index (χ1) is 13.8. The van der Waals surface area contributed by atoms with E-state index in [-0.39, 0.29) is 4.31 Å². The predicted octanol–water partition coefficient (Wildman–Crippen LogP) is 4.52. The lowest BCUT2D eigenvalue weighted by Gasteiger charge is -2.39. The van der Waals surface area contributed by atoms with Crippen molar-refractivity contribution in [2.75, 3.05) is 19.3 Å². The Hall–Kier alpha value is -1.59. The summed E-state index contributed by atoms with van der Waals surface area (Å²) < 4.78 is 192. The minimum Gasteiger partial charge on any atom is -0.295 e. The minimum absolute atomic E-state index is 0.132. The van der Waals surface area contributed by atoms with Gasteiger partial charge in [0.15, 0.2) is 5.78 Å². The van der Waals surface area contributed by atoms with Crippen molar-refractivity contribution in [2.45, 2.75) is 48.6 Å². The first kappa shape index (κ1) is 30.4. The van der Waals surface area contributed by atoms with Crippen LogP contribution in [0.5, 0.6) is 0 Å². The lowest BCUT2D eigenvalue weighted by atomic mass is 9.93. The van der Waals surface area contributed by atoms with Gasteiger partial charge in [-0.05, 0) is 6.08 Å². The van der Waals surface area contributed by atoms with E-state index < -0.39 is 76.7 Å². The molecule has 18 heteroatoms. The number of hydrogen-bond donors (Lipinski definition) is 0. The van der Waals surface area contributed by atoms with Crippen LogP contribution in [0.1, 0.15) is 12.8 Å². The number of alkyl halides is 13. The third-order valence-electron chi connectivity index (χ3n) is 4.05. The van der Waals surface area contributed by atoms with E-state index in [4.69, 9.17) is 0 Å². The van der Waals surface area contributed by atoms with Crippen LogP contribution in [0.15, 0.2) is 12.7 Å². The average Bonchev–Trinajstić information content (AvgIpc) is 2.62. The van der Waals surface area contributed by atoms with Crippen LogP contribution in [0.2, 0.25) is 0 Å². The molecule has 0 bridgehead atoms. The average molecular weight is 523 g/mol. The largest absolute Gasteiger partial charge is 0.460 e. The highest BCUT2D eigenvalue weighted by Crippen LogP contribution is 2.60. The molecule has 0 spiro atoms. The van der Waals surface area contributed by atoms with Gasteiger partial charge in [-0.2, -0.15) is 57.1 Å². The van der Waals surface area contributed by atoms with E-state index >= 15 is 0 Å². The summed E-state index contributed by atoms with van der Waals surface area (Å²) in [5, 5.41) is 0. The highest BCUT2D eigenvalue weighted by molar-refractivity contribution is 7.89. The molecule has 0 saturated carbocycles. The molecule has 0 unspecified atom stereocenters. The molecule has 0 aromatic heterocycles. The van der Waals surface area contributed by atoms with Crippen LogP contribution in [0.4, 0.5) is 57.1 Å². The van der Waals surface area contributed by atoms with Crippen LogP contribution < -0.4 is 0 Å². The second kappa shape index (κ2) is 8.98. The summed E-state index contributed by atoms with van der Waals surface area (Å²) in [6.45, 7) is 2.28. The Bertz CT molecular complexity index is 805. The molecule has 0 aromatic rings. The van der Waals surface area contributed by atoms with Crippen molar-refractivity contribution < 1.29 is 70.3 Å². The van der Waals surface area contributed by atoms with Gasteiger partial charge in [0.25, 0.3) is 0 Å². The van der Waals surface area contributed by atoms with Crippen molar-refractivity contribution in [3.63, 3.8) is 0 Å². The number of carbonyl (C=O) groups is 1. The zero-order valence-electron chi connectivity index (χ0n) is 15.6. The van der Waals surface area contributed by atoms with Gasteiger partial charge in [-0.15, -0.1) is 0 Å². The fourth-order valence-corrected chi connectivity index (χ4v) is 3.08. The predicted molar refractivity (Wildman–Crippen MR) is 81.6 cm³/mol. The maximum atomic E-state index is 13.6. The highest BCUT2D eigenvalue weighted by atomic mass is 32.2. The van der Waals surface area contributed by atoms with Gasteiger partial charge in [-0.1, -0.05) is 6.58 Å². The second-order valence-electron chi connectivity index (χ2n) is 6.31. The van der Waals surface area contributed by atoms with E-state index in [0.717, 1.165) is 6.08 Å². The molecule has 0 aliphatic heterocycles. The SMILES string of the molecule is C=CC(=O)CCN(C)S(=O)(=O)CCC(F)(F)C(F)(F)C(F)(F)C(F)(F)C(F)(F)C(F)(F)F. The van der Waals surface area contributed by atoms with E-state index in [1.165, 1.54) is 0 Å². The fraction of sp³-hybridized carbons (Fsp3) is 0.786. The first-order valence-electron chi connectivity index (χ1n) is 7.88. The number of rotatable bonds is 12. The zero-order chi connectivity index (χ0) is 26.2. The maximum absolute atomic E-state index is 13.6. The van der Waals surface area contributed by atoms with Crippen molar-refractivity contribution >= 4 is 15.8 Å². The Morgan fingerprint density at radius 1 is 0.812 bits per heavy atom. The van der Waals surface area contributed by atoms with E-state index in [0.29, 0.717) is 7.05 Å². The molecule has 0 heterocycles. The third-order valence-corrected chi connectivity index (χ3v) is 5.90. The summed E-state index contributed by atoms with van der Waals surface area (Å²) in [5.41, 5.74) is 0. The molecule has 0 atom stereocenters. The number of halogens is 13. The number of allylic oxidation sites excluding steroid dienone is 1. The number of ketones is 1. The molecular weight excluding hydrogens is 509 g/mol. The number of carbonyl (C=O) groups excluding carboxylic acids is 1. The van der Waals surface area contributed by atoms with Gasteiger partial charge in [-0.25, -0.2) is 12.7 Å². The van der Waals surface area contributed by atoms with Crippen LogP contribution in [0, 0.1) is 0 Å². The van der Waals surface area contributed by atoms with E-state index in [1.54, 1.807) is 0 Å². The monoisotopic (exact) mass is 523 g/mol. The Balaban J connectivity index is 5.86. The lowest BCUT2D eigenvalue weighted by molar-refractivity contribution is -0.439. The molecule has 0 radical (unpaired) electrons. The lowest BCUT2D eigenvalue weighted by Crippen LogP contribution is -2.70. The fourth-order valence-electron chi connectivity index (χ4n) is 1.88. The Morgan fingerprint density at radius 3 is 1.59 bits per heavy atom. The molecule has 32 heavy (non-hydrogen) atoms. The summed E-state index contributed by atoms with van der Waals surface area (Å²) in [6.07, 6.45) is -10.2. The Kier molecular flexibility index (Phi) is 8.54. The van der Waals surface area contributed by atoms with Crippen molar-refractivity contribution in [1.82, 2.24) is 4.31 Å². The molecule has 0 aromatic carbocycles. The highest BCUT2D eigenvalue weighted by Gasteiger charge is 2.90. The minimum atomic E-state index is -8.05. The first-order valence-corrected chi connectivity index (χ1v) is 9.49. The van der Waals surface area contributed by atoms with Crippen molar-refractivity contribution in [1.29, 1.82) is 0 Å². The van der Waals surface area contributed by atoms with Gasteiger partial charge in [0, 0.05) is 26.4 Å². The molecule has 0 N–H and O–H groups in total. The summed E-state index contributed by atoms with van der Waals surface area (Å²) >= 11 is 0. The smallest absolute Gasteiger partial charge is 0.295 e. The molecule has 0 rings (SSSR count). The quantitative estimate of drug-likeness (QED) is 0.279. The number of nitrogens with zero attached hydrogens (tertiary/aromatic N) is 1. The zero-order valence-corrected chi connectivity index (χ0v) is 16.4. The third kappa shape index (κ3) is 5.31. The Morgan fingerprint density at radius 2 is 1.22 bits per heavy atom. The van der Waals surface area contributed by atoms with Crippen molar-refractivity contribution in [2.24, 2.45) is 0 Å². The van der Waals surface area contributed by atoms with Gasteiger partial charge in [0.2, 0.25) is 10.0 Å². The van der Waals surface area contributed by atoms with E-state index in [9.17, 15) is 70.3 Å². The van der Waals surface area contributed by atoms with Crippen LogP contribution in [0.25, 0.3) is 0 Å². The standard InChI is InChI=1S/C14H14F13NO3S/c1-3-8(29)4-6-28(2)32(30,31)7-5-9(15,16)10(17,18)11(19,20)12(21,22)13(23,24)14(25,26)27/h3H,1,4-7H2,2H3. The number of sulfonamides is 1. The van der Waals surface area contributed by atoms with E-state index in [1.807, 2.05) is 0 Å². The topological polar surface area (TPSA) is 54.5 Å². The maximum Gasteiger partial charge on any atom is 0.460 e. The molecule has 0 aliphatic carbocycles. The molecule has 0 aliphatic rings. The van der Waals surface area contributed by atoms with Crippen LogP contribution >= 0.6 is 0 Å². The van der Waals surface area contributed by atoms with Crippen molar-refractivity contribution in [3.8, 4) is 0 Å². The van der Waals surface area contributed by atoms with Crippen LogP contribution in [-0.4, -0.2) is 73.6 Å². The second-order valence-corrected chi connectivity index (χ2v) is 8.50. The van der Waals surface area contributed by atoms with Gasteiger partial charge >= 0.3 is 35.8 Å². The van der Waals surface area contributed by atoms with Gasteiger partial charge < -0.3 is 0 Å². The van der Waals surface area contributed by atoms with E-state index in [2.05, 4.69) is 6.58 Å². The molecule has 4 nitrogen and oxygen atoms in total. The number of hydrogen-bond acceptors (Lipinski definition) is 3. The molecule has 190 valence electrons. The van der Waals surface area contributed by atoms with Crippen LogP contribution in [0.3, 0.4) is 0 Å². The van der Waals surface area contributed by atoms with Gasteiger partial charge in [0.05, 0.1) is 5.75 Å². The summed E-state index contributed by atoms with van der Waals surface area (Å²) in [4.78, 5) is 11.0. The summed E-state index contributed by atoms with van der Waals surface area (Å²) in [5.74, 6) is -40.8. The Labute approximate surface area is 172 Å². The molecule has 0 amide bonds. The molecule has 0 saturated heterocycles. The van der Waals surface area contributed by atoms with Crippen molar-refractivity contribution in [3.05, 3.63) is 12.7 Å². The summed E-state index contributed by atoms with van der Waals surface area (Å²) in [7, 11) is -4.38. The van der Waals surface area contributed by atoms with Crippen LogP contribution in [-0.2, 0) is 14.8 Å². The normalized spacial score (nSPS) is 15.2. The van der Waals surface area contributed by atoms with Gasteiger partial charge in [-0.3, -0.25) is 4.79 Å².